The van der Waals surface area contributed by atoms with Crippen LogP contribution in [0.5, 0.6) is 5.75 Å². The highest BCUT2D eigenvalue weighted by atomic mass is 32.2. The number of aromatic nitrogens is 3. The standard InChI is InChI=1S/C23H18N4O3S/c24-31(28,29)22-6-2-1-5-18(22)15-7-9-20-21(13-15)27-23(26-20)14-30-17-8-10-19-16(12-17)4-3-11-25-19/h1-13H,14H2,(H,26,27)(H2,24,28,29). The van der Waals surface area contributed by atoms with Gasteiger partial charge >= 0.3 is 0 Å². The lowest BCUT2D eigenvalue weighted by Crippen LogP contribution is -2.13. The molecule has 154 valence electrons. The number of sulfonamides is 1. The molecular weight excluding hydrogens is 412 g/mol. The lowest BCUT2D eigenvalue weighted by Gasteiger charge is -2.07. The van der Waals surface area contributed by atoms with Gasteiger partial charge < -0.3 is 9.72 Å². The van der Waals surface area contributed by atoms with Crippen molar-refractivity contribution in [2.75, 3.05) is 0 Å². The Hall–Kier alpha value is -3.75. The minimum absolute atomic E-state index is 0.0863. The number of benzene rings is 3. The maximum atomic E-state index is 11.9. The number of nitrogens with one attached hydrogen (secondary N) is 1. The van der Waals surface area contributed by atoms with E-state index >= 15 is 0 Å². The number of H-pyrrole nitrogens is 1. The second-order valence-corrected chi connectivity index (χ2v) is 8.63. The summed E-state index contributed by atoms with van der Waals surface area (Å²) in [6.45, 7) is 0.267. The molecule has 31 heavy (non-hydrogen) atoms. The van der Waals surface area contributed by atoms with Crippen LogP contribution in [0.1, 0.15) is 5.82 Å². The van der Waals surface area contributed by atoms with Gasteiger partial charge in [-0.1, -0.05) is 30.3 Å². The maximum absolute atomic E-state index is 11.9. The van der Waals surface area contributed by atoms with Crippen molar-refractivity contribution in [3.05, 3.63) is 84.8 Å². The van der Waals surface area contributed by atoms with Gasteiger partial charge in [0.25, 0.3) is 0 Å². The third-order valence-corrected chi connectivity index (χ3v) is 5.95. The van der Waals surface area contributed by atoms with Gasteiger partial charge in [0.1, 0.15) is 18.2 Å². The SMILES string of the molecule is NS(=O)(=O)c1ccccc1-c1ccc2nc(COc3ccc4ncccc4c3)[nH]c2c1. The number of hydrogen-bond donors (Lipinski definition) is 2. The number of ether oxygens (including phenoxy) is 1. The fourth-order valence-electron chi connectivity index (χ4n) is 3.55. The quantitative estimate of drug-likeness (QED) is 0.438. The van der Waals surface area contributed by atoms with Gasteiger partial charge in [-0.25, -0.2) is 18.5 Å². The molecule has 0 aliphatic rings. The van der Waals surface area contributed by atoms with E-state index in [0.29, 0.717) is 11.4 Å². The van der Waals surface area contributed by atoms with Crippen molar-refractivity contribution in [3.8, 4) is 16.9 Å². The van der Waals surface area contributed by atoms with Crippen LogP contribution in [-0.4, -0.2) is 23.4 Å². The Kier molecular flexibility index (Phi) is 4.65. The van der Waals surface area contributed by atoms with Gasteiger partial charge in [-0.15, -0.1) is 0 Å². The predicted molar refractivity (Wildman–Crippen MR) is 119 cm³/mol. The van der Waals surface area contributed by atoms with Crippen molar-refractivity contribution in [2.45, 2.75) is 11.5 Å². The van der Waals surface area contributed by atoms with Gasteiger partial charge in [0.15, 0.2) is 0 Å². The number of fused-ring (bicyclic) bond motifs is 2. The predicted octanol–water partition coefficient (Wildman–Crippen LogP) is 4.00. The highest BCUT2D eigenvalue weighted by Gasteiger charge is 2.15. The number of primary sulfonamides is 1. The molecule has 8 heteroatoms. The molecule has 5 rings (SSSR count). The van der Waals surface area contributed by atoms with Crippen LogP contribution in [0.4, 0.5) is 0 Å². The normalized spacial score (nSPS) is 11.8. The van der Waals surface area contributed by atoms with Crippen molar-refractivity contribution < 1.29 is 13.2 Å². The Morgan fingerprint density at radius 3 is 2.65 bits per heavy atom. The zero-order chi connectivity index (χ0) is 21.4. The first kappa shape index (κ1) is 19.2. The van der Waals surface area contributed by atoms with E-state index in [1.807, 2.05) is 48.5 Å². The van der Waals surface area contributed by atoms with Crippen LogP contribution in [0, 0.1) is 0 Å². The van der Waals surface area contributed by atoms with Crippen LogP contribution in [0.15, 0.2) is 83.9 Å². The molecule has 0 unspecified atom stereocenters. The summed E-state index contributed by atoms with van der Waals surface area (Å²) in [6.07, 6.45) is 1.76. The summed E-state index contributed by atoms with van der Waals surface area (Å²) >= 11 is 0. The summed E-state index contributed by atoms with van der Waals surface area (Å²) in [4.78, 5) is 12.2. The molecule has 3 aromatic carbocycles. The summed E-state index contributed by atoms with van der Waals surface area (Å²) in [5.74, 6) is 1.39. The number of aromatic amines is 1. The maximum Gasteiger partial charge on any atom is 0.238 e. The lowest BCUT2D eigenvalue weighted by molar-refractivity contribution is 0.298. The van der Waals surface area contributed by atoms with Crippen molar-refractivity contribution in [3.63, 3.8) is 0 Å². The zero-order valence-corrected chi connectivity index (χ0v) is 17.1. The second-order valence-electron chi connectivity index (χ2n) is 7.10. The van der Waals surface area contributed by atoms with Gasteiger partial charge in [-0.3, -0.25) is 4.98 Å². The summed E-state index contributed by atoms with van der Waals surface area (Å²) in [5.41, 5.74) is 3.73. The summed E-state index contributed by atoms with van der Waals surface area (Å²) in [6, 6.07) is 21.8. The Morgan fingerprint density at radius 1 is 0.935 bits per heavy atom. The molecule has 0 saturated heterocycles. The molecule has 0 aliphatic carbocycles. The van der Waals surface area contributed by atoms with E-state index in [-0.39, 0.29) is 11.5 Å². The molecule has 0 bridgehead atoms. The Morgan fingerprint density at radius 2 is 1.77 bits per heavy atom. The highest BCUT2D eigenvalue weighted by Crippen LogP contribution is 2.29. The highest BCUT2D eigenvalue weighted by molar-refractivity contribution is 7.89. The Balaban J connectivity index is 1.42. The van der Waals surface area contributed by atoms with Crippen LogP contribution >= 0.6 is 0 Å². The number of hydrogen-bond acceptors (Lipinski definition) is 5. The molecule has 5 aromatic rings. The minimum atomic E-state index is -3.83. The van der Waals surface area contributed by atoms with E-state index < -0.39 is 10.0 Å². The fraction of sp³-hybridized carbons (Fsp3) is 0.0435. The largest absolute Gasteiger partial charge is 0.486 e. The zero-order valence-electron chi connectivity index (χ0n) is 16.3. The van der Waals surface area contributed by atoms with Crippen LogP contribution in [-0.2, 0) is 16.6 Å². The van der Waals surface area contributed by atoms with E-state index in [1.165, 1.54) is 6.07 Å². The number of pyridine rings is 1. The smallest absolute Gasteiger partial charge is 0.238 e. The number of nitrogens with zero attached hydrogens (tertiary/aromatic N) is 2. The molecule has 0 amide bonds. The molecule has 0 spiro atoms. The molecule has 3 N–H and O–H groups in total. The van der Waals surface area contributed by atoms with Crippen molar-refractivity contribution in [2.24, 2.45) is 5.14 Å². The van der Waals surface area contributed by atoms with Crippen molar-refractivity contribution in [1.82, 2.24) is 15.0 Å². The van der Waals surface area contributed by atoms with Crippen LogP contribution < -0.4 is 9.88 Å². The summed E-state index contributed by atoms with van der Waals surface area (Å²) in [5, 5.41) is 6.38. The molecular formula is C23H18N4O3S. The van der Waals surface area contributed by atoms with Gasteiger partial charge in [-0.2, -0.15) is 0 Å². The number of nitrogens with two attached hydrogens (primary N) is 1. The molecule has 0 fully saturated rings. The van der Waals surface area contributed by atoms with Gasteiger partial charge in [0, 0.05) is 17.1 Å². The number of rotatable bonds is 5. The molecule has 0 aliphatic heterocycles. The third kappa shape index (κ3) is 3.86. The topological polar surface area (TPSA) is 111 Å². The first-order chi connectivity index (χ1) is 15.0. The second kappa shape index (κ2) is 7.50. The first-order valence-electron chi connectivity index (χ1n) is 9.56. The van der Waals surface area contributed by atoms with Gasteiger partial charge in [-0.05, 0) is 48.0 Å². The van der Waals surface area contributed by atoms with E-state index in [1.54, 1.807) is 24.4 Å². The van der Waals surface area contributed by atoms with Gasteiger partial charge in [0.2, 0.25) is 10.0 Å². The monoisotopic (exact) mass is 430 g/mol. The molecule has 0 radical (unpaired) electrons. The van der Waals surface area contributed by atoms with Crippen molar-refractivity contribution >= 4 is 32.0 Å². The van der Waals surface area contributed by atoms with Crippen LogP contribution in [0.25, 0.3) is 33.1 Å². The molecule has 7 nitrogen and oxygen atoms in total. The first-order valence-corrected chi connectivity index (χ1v) is 11.1. The fourth-order valence-corrected chi connectivity index (χ4v) is 4.31. The van der Waals surface area contributed by atoms with E-state index in [9.17, 15) is 8.42 Å². The average Bonchev–Trinajstić information content (AvgIpc) is 3.19. The lowest BCUT2D eigenvalue weighted by atomic mass is 10.1. The van der Waals surface area contributed by atoms with E-state index in [0.717, 1.165) is 33.2 Å². The summed E-state index contributed by atoms with van der Waals surface area (Å²) < 4.78 is 29.8. The third-order valence-electron chi connectivity index (χ3n) is 4.99. The van der Waals surface area contributed by atoms with Crippen LogP contribution in [0.3, 0.4) is 0 Å². The Bertz CT molecular complexity index is 1530. The Labute approximate surface area is 178 Å². The van der Waals surface area contributed by atoms with Crippen LogP contribution in [0.2, 0.25) is 0 Å². The summed E-state index contributed by atoms with van der Waals surface area (Å²) in [7, 11) is -3.83. The van der Waals surface area contributed by atoms with Gasteiger partial charge in [0.05, 0.1) is 21.4 Å². The molecule has 2 aromatic heterocycles. The van der Waals surface area contributed by atoms with E-state index in [2.05, 4.69) is 15.0 Å². The molecule has 0 atom stereocenters. The molecule has 0 saturated carbocycles. The van der Waals surface area contributed by atoms with Crippen molar-refractivity contribution in [1.29, 1.82) is 0 Å². The molecule has 2 heterocycles. The number of imidazole rings is 1. The van der Waals surface area contributed by atoms with E-state index in [4.69, 9.17) is 9.88 Å². The average molecular weight is 430 g/mol. The minimum Gasteiger partial charge on any atom is -0.486 e.